The van der Waals surface area contributed by atoms with E-state index in [2.05, 4.69) is 9.71 Å². The Morgan fingerprint density at radius 3 is 2.05 bits per heavy atom. The van der Waals surface area contributed by atoms with Gasteiger partial charge in [-0.2, -0.15) is 8.42 Å². The number of sulfonamides is 1. The maximum atomic E-state index is 13.2. The molecule has 3 aliphatic rings. The summed E-state index contributed by atoms with van der Waals surface area (Å²) in [6.07, 6.45) is 15.4. The zero-order valence-electron chi connectivity index (χ0n) is 26.2. The van der Waals surface area contributed by atoms with Crippen LogP contribution in [0, 0.1) is 20.8 Å². The second kappa shape index (κ2) is 14.2. The summed E-state index contributed by atoms with van der Waals surface area (Å²) in [4.78, 5) is 11.4. The van der Waals surface area contributed by atoms with E-state index in [0.717, 1.165) is 17.6 Å². The SMILES string of the molecule is C1CCC(NC2CCCCC2)CC1.Cc1c(C)c(S(=O)(=O)N=C(N)c2ccccc2)c(C)c2c1OC(C)(CC(=O)O)CC2. The Bertz CT molecular complexity index is 1400. The molecule has 2 aromatic rings. The summed E-state index contributed by atoms with van der Waals surface area (Å²) >= 11 is 0. The van der Waals surface area contributed by atoms with Crippen molar-refractivity contribution >= 4 is 21.8 Å². The van der Waals surface area contributed by atoms with Gasteiger partial charge in [0.1, 0.15) is 17.2 Å². The third-order valence-corrected chi connectivity index (χ3v) is 10.9. The molecule has 0 radical (unpaired) electrons. The Balaban J connectivity index is 0.000000269. The number of carbonyl (C=O) groups is 1. The fourth-order valence-electron chi connectivity index (χ4n) is 6.82. The van der Waals surface area contributed by atoms with Crippen LogP contribution in [-0.4, -0.2) is 43.0 Å². The van der Waals surface area contributed by atoms with Gasteiger partial charge < -0.3 is 20.9 Å². The monoisotopic (exact) mass is 611 g/mol. The largest absolute Gasteiger partial charge is 0.486 e. The molecule has 0 spiro atoms. The maximum Gasteiger partial charge on any atom is 0.307 e. The molecule has 0 aromatic heterocycles. The van der Waals surface area contributed by atoms with E-state index in [0.29, 0.717) is 40.8 Å². The van der Waals surface area contributed by atoms with Crippen molar-refractivity contribution in [1.29, 1.82) is 0 Å². The van der Waals surface area contributed by atoms with E-state index in [1.165, 1.54) is 64.2 Å². The third kappa shape index (κ3) is 8.38. The number of carboxylic acids is 1. The number of nitrogens with one attached hydrogen (secondary N) is 1. The normalized spacial score (nSPS) is 21.7. The lowest BCUT2D eigenvalue weighted by Crippen LogP contribution is -2.40. The number of carboxylic acid groups (broad SMARTS) is 1. The molecule has 2 saturated carbocycles. The molecule has 1 unspecified atom stereocenters. The van der Waals surface area contributed by atoms with Gasteiger partial charge in [0.25, 0.3) is 10.0 Å². The molecule has 0 bridgehead atoms. The number of benzene rings is 2. The molecular weight excluding hydrogens is 562 g/mol. The number of ether oxygens (including phenoxy) is 1. The molecule has 9 heteroatoms. The number of amidine groups is 1. The summed E-state index contributed by atoms with van der Waals surface area (Å²) in [7, 11) is -4.06. The van der Waals surface area contributed by atoms with Crippen LogP contribution in [0.5, 0.6) is 5.75 Å². The first kappa shape index (κ1) is 33.0. The summed E-state index contributed by atoms with van der Waals surface area (Å²) in [5, 5.41) is 13.1. The minimum Gasteiger partial charge on any atom is -0.486 e. The highest BCUT2D eigenvalue weighted by Crippen LogP contribution is 2.43. The Morgan fingerprint density at radius 1 is 0.953 bits per heavy atom. The fourth-order valence-corrected chi connectivity index (χ4v) is 8.33. The third-order valence-electron chi connectivity index (χ3n) is 9.32. The predicted molar refractivity (Wildman–Crippen MR) is 171 cm³/mol. The Labute approximate surface area is 257 Å². The summed E-state index contributed by atoms with van der Waals surface area (Å²) in [5.74, 6) is -0.439. The van der Waals surface area contributed by atoms with Crippen molar-refractivity contribution in [2.45, 2.75) is 134 Å². The smallest absolute Gasteiger partial charge is 0.307 e. The predicted octanol–water partition coefficient (Wildman–Crippen LogP) is 6.51. The van der Waals surface area contributed by atoms with Gasteiger partial charge >= 0.3 is 5.97 Å². The Morgan fingerprint density at radius 2 is 1.51 bits per heavy atom. The molecule has 43 heavy (non-hydrogen) atoms. The molecule has 2 aromatic carbocycles. The average molecular weight is 612 g/mol. The van der Waals surface area contributed by atoms with Gasteiger partial charge in [-0.3, -0.25) is 4.79 Å². The Hall–Kier alpha value is -2.91. The van der Waals surface area contributed by atoms with Gasteiger partial charge in [-0.05, 0) is 88.5 Å². The van der Waals surface area contributed by atoms with Gasteiger partial charge in [0.2, 0.25) is 0 Å². The van der Waals surface area contributed by atoms with Crippen LogP contribution in [0.15, 0.2) is 39.6 Å². The molecule has 1 aliphatic heterocycles. The van der Waals surface area contributed by atoms with E-state index >= 15 is 0 Å². The van der Waals surface area contributed by atoms with Crippen LogP contribution >= 0.6 is 0 Å². The van der Waals surface area contributed by atoms with E-state index in [1.54, 1.807) is 52.0 Å². The molecule has 4 N–H and O–H groups in total. The molecular formula is C34H49N3O5S. The average Bonchev–Trinajstić information content (AvgIpc) is 2.97. The lowest BCUT2D eigenvalue weighted by atomic mass is 9.86. The second-order valence-electron chi connectivity index (χ2n) is 12.8. The minimum atomic E-state index is -4.06. The molecule has 1 heterocycles. The lowest BCUT2D eigenvalue weighted by Gasteiger charge is -2.37. The molecule has 5 rings (SSSR count). The summed E-state index contributed by atoms with van der Waals surface area (Å²) in [6.45, 7) is 6.99. The van der Waals surface area contributed by atoms with Crippen LogP contribution in [0.4, 0.5) is 0 Å². The molecule has 0 amide bonds. The molecule has 0 saturated heterocycles. The summed E-state index contributed by atoms with van der Waals surface area (Å²) < 4.78 is 36.3. The van der Waals surface area contributed by atoms with Gasteiger partial charge in [-0.25, -0.2) is 0 Å². The topological polar surface area (TPSA) is 131 Å². The zero-order valence-corrected chi connectivity index (χ0v) is 27.1. The number of aliphatic carboxylic acids is 1. The summed E-state index contributed by atoms with van der Waals surface area (Å²) in [5.41, 5.74) is 8.18. The van der Waals surface area contributed by atoms with Crippen molar-refractivity contribution in [3.05, 3.63) is 58.1 Å². The van der Waals surface area contributed by atoms with Crippen LogP contribution in [0.3, 0.4) is 0 Å². The summed E-state index contributed by atoms with van der Waals surface area (Å²) in [6, 6.07) is 10.5. The highest BCUT2D eigenvalue weighted by Gasteiger charge is 2.37. The van der Waals surface area contributed by atoms with E-state index in [1.807, 2.05) is 6.07 Å². The maximum absolute atomic E-state index is 13.2. The zero-order chi connectivity index (χ0) is 31.2. The van der Waals surface area contributed by atoms with Crippen LogP contribution in [-0.2, 0) is 21.2 Å². The van der Waals surface area contributed by atoms with Gasteiger partial charge in [0.05, 0.1) is 11.3 Å². The molecule has 8 nitrogen and oxygen atoms in total. The van der Waals surface area contributed by atoms with Crippen molar-refractivity contribution < 1.29 is 23.1 Å². The van der Waals surface area contributed by atoms with Crippen molar-refractivity contribution in [2.75, 3.05) is 0 Å². The van der Waals surface area contributed by atoms with Crippen molar-refractivity contribution in [3.63, 3.8) is 0 Å². The first-order valence-corrected chi connectivity index (χ1v) is 17.3. The molecule has 2 fully saturated rings. The highest BCUT2D eigenvalue weighted by atomic mass is 32.2. The molecule has 236 valence electrons. The molecule has 1 atom stereocenters. The van der Waals surface area contributed by atoms with Gasteiger partial charge in [-0.1, -0.05) is 68.9 Å². The number of nitrogens with two attached hydrogens (primary N) is 1. The van der Waals surface area contributed by atoms with E-state index in [4.69, 9.17) is 10.5 Å². The highest BCUT2D eigenvalue weighted by molar-refractivity contribution is 7.90. The van der Waals surface area contributed by atoms with Crippen LogP contribution in [0.25, 0.3) is 0 Å². The van der Waals surface area contributed by atoms with Gasteiger partial charge in [0, 0.05) is 17.6 Å². The minimum absolute atomic E-state index is 0.0740. The van der Waals surface area contributed by atoms with Crippen LogP contribution in [0.2, 0.25) is 0 Å². The van der Waals surface area contributed by atoms with Crippen molar-refractivity contribution in [3.8, 4) is 5.75 Å². The molecule has 2 aliphatic carbocycles. The standard InChI is InChI=1S/C22H26N2O5S.C12H23N/c1-13-14(2)20(30(27,28)24-21(23)16-8-6-5-7-9-16)15(3)17-10-11-22(4,12-18(25)26)29-19(13)17;1-3-7-11(8-4-1)13-12-9-5-2-6-10-12/h5-9H,10-12H2,1-4H3,(H2,23,24)(H,25,26);11-13H,1-10H2. The Kier molecular flexibility index (Phi) is 10.9. The number of fused-ring (bicyclic) bond motifs is 1. The van der Waals surface area contributed by atoms with Crippen LogP contribution in [0.1, 0.15) is 112 Å². The van der Waals surface area contributed by atoms with E-state index in [9.17, 15) is 18.3 Å². The first-order valence-electron chi connectivity index (χ1n) is 15.9. The fraction of sp³-hybridized carbons (Fsp3) is 0.588. The second-order valence-corrected chi connectivity index (χ2v) is 14.3. The van der Waals surface area contributed by atoms with E-state index in [-0.39, 0.29) is 17.2 Å². The number of hydrogen-bond acceptors (Lipinski definition) is 5. The number of rotatable bonds is 7. The lowest BCUT2D eigenvalue weighted by molar-refractivity contribution is -0.141. The number of hydrogen-bond donors (Lipinski definition) is 3. The van der Waals surface area contributed by atoms with Gasteiger partial charge in [-0.15, -0.1) is 4.40 Å². The van der Waals surface area contributed by atoms with Crippen LogP contribution < -0.4 is 15.8 Å². The number of nitrogens with zero attached hydrogens (tertiary/aromatic N) is 1. The van der Waals surface area contributed by atoms with Crippen molar-refractivity contribution in [1.82, 2.24) is 5.32 Å². The quantitative estimate of drug-likeness (QED) is 0.240. The van der Waals surface area contributed by atoms with Crippen molar-refractivity contribution in [2.24, 2.45) is 10.1 Å². The first-order chi connectivity index (χ1) is 20.4. The van der Waals surface area contributed by atoms with E-state index < -0.39 is 21.6 Å². The van der Waals surface area contributed by atoms with Gasteiger partial charge in [0.15, 0.2) is 0 Å².